The maximum absolute atomic E-state index is 12.7. The number of rotatable bonds is 3. The second-order valence-corrected chi connectivity index (χ2v) is 7.19. The van der Waals surface area contributed by atoms with Gasteiger partial charge >= 0.3 is 6.03 Å². The van der Waals surface area contributed by atoms with E-state index in [1.165, 1.54) is 0 Å². The summed E-state index contributed by atoms with van der Waals surface area (Å²) in [6.45, 7) is 10.2. The molecule has 0 unspecified atom stereocenters. The molecule has 1 N–H and O–H groups in total. The van der Waals surface area contributed by atoms with Gasteiger partial charge in [0.15, 0.2) is 5.82 Å². The smallest absolute Gasteiger partial charge is 0.317 e. The molecule has 1 aromatic heterocycles. The van der Waals surface area contributed by atoms with E-state index in [2.05, 4.69) is 41.2 Å². The van der Waals surface area contributed by atoms with Crippen LogP contribution < -0.4 is 5.32 Å². The van der Waals surface area contributed by atoms with E-state index in [4.69, 9.17) is 4.74 Å². The van der Waals surface area contributed by atoms with Crippen LogP contribution in [0.25, 0.3) is 0 Å². The molecule has 2 aliphatic heterocycles. The number of nitrogens with one attached hydrogen (secondary N) is 1. The number of nitrogens with zero attached hydrogens (tertiary/aromatic N) is 5. The fourth-order valence-corrected chi connectivity index (χ4v) is 3.44. The Kier molecular flexibility index (Phi) is 5.05. The summed E-state index contributed by atoms with van der Waals surface area (Å²) in [5.74, 6) is 1.22. The van der Waals surface area contributed by atoms with Crippen molar-refractivity contribution in [3.63, 3.8) is 0 Å². The van der Waals surface area contributed by atoms with Crippen molar-refractivity contribution >= 4 is 6.03 Å². The van der Waals surface area contributed by atoms with Crippen LogP contribution in [0.1, 0.15) is 32.7 Å². The van der Waals surface area contributed by atoms with Crippen LogP contribution in [0.2, 0.25) is 0 Å². The zero-order valence-electron chi connectivity index (χ0n) is 15.0. The molecular weight excluding hydrogens is 308 g/mol. The summed E-state index contributed by atoms with van der Waals surface area (Å²) in [4.78, 5) is 16.9. The maximum atomic E-state index is 12.7. The summed E-state index contributed by atoms with van der Waals surface area (Å²) in [5.41, 5.74) is 0. The Labute approximate surface area is 143 Å². The number of aromatic nitrogens is 3. The van der Waals surface area contributed by atoms with E-state index < -0.39 is 0 Å². The van der Waals surface area contributed by atoms with Gasteiger partial charge in [0, 0.05) is 38.8 Å². The zero-order chi connectivity index (χ0) is 17.3. The molecule has 134 valence electrons. The van der Waals surface area contributed by atoms with Gasteiger partial charge in [0.05, 0.1) is 13.2 Å². The van der Waals surface area contributed by atoms with Crippen LogP contribution in [0, 0.1) is 5.92 Å². The fourth-order valence-electron chi connectivity index (χ4n) is 3.44. The summed E-state index contributed by atoms with van der Waals surface area (Å²) in [6, 6.07) is 0.710. The summed E-state index contributed by atoms with van der Waals surface area (Å²) in [5, 5.41) is 11.2. The fraction of sp³-hybridized carbons (Fsp3) is 0.812. The van der Waals surface area contributed by atoms with Gasteiger partial charge in [-0.05, 0) is 19.8 Å². The van der Waals surface area contributed by atoms with Gasteiger partial charge in [-0.1, -0.05) is 6.92 Å². The van der Waals surface area contributed by atoms with Crippen molar-refractivity contribution in [2.75, 3.05) is 32.8 Å². The van der Waals surface area contributed by atoms with Crippen molar-refractivity contribution in [1.29, 1.82) is 0 Å². The Hall–Kier alpha value is -1.67. The lowest BCUT2D eigenvalue weighted by atomic mass is 10.1. The predicted octanol–water partition coefficient (Wildman–Crippen LogP) is 0.627. The number of ether oxygens (including phenoxy) is 1. The molecule has 3 atom stereocenters. The first-order chi connectivity index (χ1) is 11.5. The molecule has 2 amide bonds. The van der Waals surface area contributed by atoms with Crippen molar-refractivity contribution in [3.05, 3.63) is 12.2 Å². The third-order valence-electron chi connectivity index (χ3n) is 5.07. The Morgan fingerprint density at radius 2 is 2.17 bits per heavy atom. The Morgan fingerprint density at radius 3 is 2.79 bits per heavy atom. The quantitative estimate of drug-likeness (QED) is 0.876. The number of hydrogen-bond acceptors (Lipinski definition) is 5. The normalized spacial score (nSPS) is 28.5. The van der Waals surface area contributed by atoms with Crippen molar-refractivity contribution < 1.29 is 9.53 Å². The summed E-state index contributed by atoms with van der Waals surface area (Å²) in [7, 11) is 1.89. The highest BCUT2D eigenvalue weighted by Crippen LogP contribution is 2.22. The molecule has 2 aliphatic rings. The minimum atomic E-state index is -0.217. The Bertz CT molecular complexity index is 575. The molecule has 8 heteroatoms. The highest BCUT2D eigenvalue weighted by atomic mass is 16.5. The van der Waals surface area contributed by atoms with Gasteiger partial charge in [0.25, 0.3) is 0 Å². The summed E-state index contributed by atoms with van der Waals surface area (Å²) < 4.78 is 7.61. The van der Waals surface area contributed by atoms with Gasteiger partial charge in [-0.3, -0.25) is 4.90 Å². The number of hydrogen-bond donors (Lipinski definition) is 1. The molecule has 0 saturated carbocycles. The van der Waals surface area contributed by atoms with Crippen LogP contribution in [0.4, 0.5) is 4.79 Å². The molecule has 0 aliphatic carbocycles. The molecule has 0 aromatic carbocycles. The highest BCUT2D eigenvalue weighted by Gasteiger charge is 2.34. The van der Waals surface area contributed by atoms with E-state index >= 15 is 0 Å². The minimum Gasteiger partial charge on any atom is -0.366 e. The first kappa shape index (κ1) is 17.2. The molecular formula is C16H28N6O2. The molecule has 0 radical (unpaired) electrons. The lowest BCUT2D eigenvalue weighted by Gasteiger charge is -2.33. The topological polar surface area (TPSA) is 75.5 Å². The van der Waals surface area contributed by atoms with E-state index in [9.17, 15) is 4.79 Å². The van der Waals surface area contributed by atoms with Gasteiger partial charge < -0.3 is 19.5 Å². The van der Waals surface area contributed by atoms with Gasteiger partial charge in [-0.25, -0.2) is 4.79 Å². The molecule has 0 spiro atoms. The third-order valence-corrected chi connectivity index (χ3v) is 5.07. The molecule has 24 heavy (non-hydrogen) atoms. The first-order valence-corrected chi connectivity index (χ1v) is 8.70. The van der Waals surface area contributed by atoms with Crippen molar-refractivity contribution in [2.24, 2.45) is 13.0 Å². The number of urea groups is 1. The SMILES string of the molecule is CC(C)N1C[C@@H](C)[C@H](NC(=O)N2CCO[C@@H](c3nncn3C)C2)C1. The number of amides is 2. The first-order valence-electron chi connectivity index (χ1n) is 8.70. The number of likely N-dealkylation sites (tertiary alicyclic amines) is 1. The average molecular weight is 336 g/mol. The van der Waals surface area contributed by atoms with Gasteiger partial charge in [-0.2, -0.15) is 0 Å². The number of aryl methyl sites for hydroxylation is 1. The number of carbonyl (C=O) groups is 1. The minimum absolute atomic E-state index is 0.00655. The maximum Gasteiger partial charge on any atom is 0.317 e. The van der Waals surface area contributed by atoms with Gasteiger partial charge in [0.1, 0.15) is 12.4 Å². The second kappa shape index (κ2) is 7.06. The number of carbonyl (C=O) groups excluding carboxylic acids is 1. The third kappa shape index (κ3) is 3.54. The van der Waals surface area contributed by atoms with Crippen LogP contribution in [-0.4, -0.2) is 75.5 Å². The monoisotopic (exact) mass is 336 g/mol. The molecule has 2 fully saturated rings. The van der Waals surface area contributed by atoms with E-state index in [0.29, 0.717) is 31.7 Å². The van der Waals surface area contributed by atoms with Gasteiger partial charge in [-0.15, -0.1) is 10.2 Å². The lowest BCUT2D eigenvalue weighted by Crippen LogP contribution is -2.51. The molecule has 1 aromatic rings. The Balaban J connectivity index is 1.58. The average Bonchev–Trinajstić information content (AvgIpc) is 3.14. The van der Waals surface area contributed by atoms with Crippen molar-refractivity contribution in [2.45, 2.75) is 39.0 Å². The lowest BCUT2D eigenvalue weighted by molar-refractivity contribution is -0.0218. The Morgan fingerprint density at radius 1 is 1.38 bits per heavy atom. The molecule has 3 heterocycles. The molecule has 8 nitrogen and oxygen atoms in total. The van der Waals surface area contributed by atoms with E-state index in [1.807, 2.05) is 16.5 Å². The van der Waals surface area contributed by atoms with Crippen LogP contribution >= 0.6 is 0 Å². The van der Waals surface area contributed by atoms with E-state index in [-0.39, 0.29) is 18.2 Å². The van der Waals surface area contributed by atoms with Crippen LogP contribution in [0.15, 0.2) is 6.33 Å². The van der Waals surface area contributed by atoms with Gasteiger partial charge in [0.2, 0.25) is 0 Å². The van der Waals surface area contributed by atoms with E-state index in [1.54, 1.807) is 6.33 Å². The molecule has 2 saturated heterocycles. The van der Waals surface area contributed by atoms with Crippen molar-refractivity contribution in [3.8, 4) is 0 Å². The highest BCUT2D eigenvalue weighted by molar-refractivity contribution is 5.74. The van der Waals surface area contributed by atoms with Crippen LogP contribution in [0.3, 0.4) is 0 Å². The zero-order valence-corrected chi connectivity index (χ0v) is 15.0. The summed E-state index contributed by atoms with van der Waals surface area (Å²) >= 11 is 0. The molecule has 3 rings (SSSR count). The molecule has 0 bridgehead atoms. The largest absolute Gasteiger partial charge is 0.366 e. The van der Waals surface area contributed by atoms with Crippen molar-refractivity contribution in [1.82, 2.24) is 29.9 Å². The second-order valence-electron chi connectivity index (χ2n) is 7.19. The summed E-state index contributed by atoms with van der Waals surface area (Å²) in [6.07, 6.45) is 1.43. The van der Waals surface area contributed by atoms with E-state index in [0.717, 1.165) is 18.9 Å². The van der Waals surface area contributed by atoms with Crippen LogP contribution in [0.5, 0.6) is 0 Å². The standard InChI is InChI=1S/C16H28N6O2/c1-11(2)22-7-12(3)13(8-22)18-16(23)21-5-6-24-14(9-21)15-19-17-10-20(15)4/h10-14H,5-9H2,1-4H3,(H,18,23)/t12-,13-,14-/m1/s1. The number of morpholine rings is 1. The predicted molar refractivity (Wildman–Crippen MR) is 89.5 cm³/mol. The van der Waals surface area contributed by atoms with Crippen LogP contribution in [-0.2, 0) is 11.8 Å².